The van der Waals surface area contributed by atoms with Crippen LogP contribution in [0.25, 0.3) is 0 Å². The molecule has 4 rings (SSSR count). The highest BCUT2D eigenvalue weighted by Crippen LogP contribution is 2.08. The summed E-state index contributed by atoms with van der Waals surface area (Å²) < 4.78 is 0. The van der Waals surface area contributed by atoms with E-state index in [2.05, 4.69) is 64.2 Å². The van der Waals surface area contributed by atoms with Crippen LogP contribution in [0.2, 0.25) is 0 Å². The maximum absolute atomic E-state index is 12.8. The van der Waals surface area contributed by atoms with E-state index in [9.17, 15) is 4.79 Å². The molecule has 3 N–H and O–H groups in total. The van der Waals surface area contributed by atoms with Crippen molar-refractivity contribution in [1.82, 2.24) is 4.90 Å². The van der Waals surface area contributed by atoms with Crippen molar-refractivity contribution in [2.45, 2.75) is 13.0 Å². The third kappa shape index (κ3) is 4.95. The summed E-state index contributed by atoms with van der Waals surface area (Å²) in [5, 5.41) is 0. The number of aromatic amines is 1. The molecule has 2 aliphatic heterocycles. The maximum Gasteiger partial charge on any atom is 0.278 e. The molecule has 0 radical (unpaired) electrons. The van der Waals surface area contributed by atoms with Crippen LogP contribution in [0.4, 0.5) is 5.82 Å². The SMILES string of the molecule is C[C@@H](c1ccccc1)[NH+]1CCN(C(=O)C[NH+]2CCN(c3cccc[nH+]3)CC2)CC1. The van der Waals surface area contributed by atoms with E-state index in [-0.39, 0.29) is 0 Å². The number of H-pyrrole nitrogens is 1. The van der Waals surface area contributed by atoms with Gasteiger partial charge < -0.3 is 14.7 Å². The van der Waals surface area contributed by atoms with Gasteiger partial charge in [0.15, 0.2) is 6.54 Å². The number of carbonyl (C=O) groups is 1. The van der Waals surface area contributed by atoms with Gasteiger partial charge in [0.2, 0.25) is 0 Å². The number of carbonyl (C=O) groups excluding carboxylic acids is 1. The molecule has 1 atom stereocenters. The fourth-order valence-corrected chi connectivity index (χ4v) is 4.60. The first-order chi connectivity index (χ1) is 14.2. The first-order valence-electron chi connectivity index (χ1n) is 10.9. The molecular weight excluding hydrogens is 362 g/mol. The van der Waals surface area contributed by atoms with Gasteiger partial charge in [0.25, 0.3) is 11.7 Å². The zero-order valence-electron chi connectivity index (χ0n) is 17.4. The van der Waals surface area contributed by atoms with Crippen molar-refractivity contribution in [1.29, 1.82) is 0 Å². The summed E-state index contributed by atoms with van der Waals surface area (Å²) >= 11 is 0. The monoisotopic (exact) mass is 396 g/mol. The Balaban J connectivity index is 1.21. The number of aromatic nitrogens is 1. The maximum atomic E-state index is 12.8. The van der Waals surface area contributed by atoms with Crippen molar-refractivity contribution in [2.75, 3.05) is 63.8 Å². The third-order valence-corrected chi connectivity index (χ3v) is 6.58. The minimum atomic E-state index is 0.325. The van der Waals surface area contributed by atoms with Gasteiger partial charge in [-0.15, -0.1) is 0 Å². The lowest BCUT2D eigenvalue weighted by molar-refractivity contribution is -0.933. The van der Waals surface area contributed by atoms with Crippen LogP contribution in [0.5, 0.6) is 0 Å². The van der Waals surface area contributed by atoms with E-state index < -0.39 is 0 Å². The number of quaternary nitrogens is 2. The van der Waals surface area contributed by atoms with Gasteiger partial charge in [-0.25, -0.2) is 4.98 Å². The molecule has 1 aromatic carbocycles. The Hall–Kier alpha value is -2.44. The lowest BCUT2D eigenvalue weighted by atomic mass is 10.1. The van der Waals surface area contributed by atoms with Crippen molar-refractivity contribution in [3.63, 3.8) is 0 Å². The molecule has 2 aliphatic rings. The predicted octanol–water partition coefficient (Wildman–Crippen LogP) is -1.31. The molecule has 29 heavy (non-hydrogen) atoms. The van der Waals surface area contributed by atoms with E-state index in [0.717, 1.165) is 52.4 Å². The minimum absolute atomic E-state index is 0.325. The Kier molecular flexibility index (Phi) is 6.42. The molecule has 3 heterocycles. The zero-order valence-corrected chi connectivity index (χ0v) is 17.4. The number of amides is 1. The van der Waals surface area contributed by atoms with Gasteiger partial charge in [-0.3, -0.25) is 9.69 Å². The summed E-state index contributed by atoms with van der Waals surface area (Å²) in [5.74, 6) is 1.50. The molecule has 2 aromatic rings. The largest absolute Gasteiger partial charge is 0.327 e. The molecule has 154 valence electrons. The molecule has 0 unspecified atom stereocenters. The highest BCUT2D eigenvalue weighted by Gasteiger charge is 2.31. The molecule has 1 amide bonds. The standard InChI is InChI=1S/C23H31N5O/c1-20(21-7-3-2-4-8-21)26-15-17-28(18-16-26)23(29)19-25-11-13-27(14-12-25)22-9-5-6-10-24-22/h2-10,20H,11-19H2,1H3/p+3/t20-/m0/s1. The van der Waals surface area contributed by atoms with Crippen molar-refractivity contribution in [2.24, 2.45) is 0 Å². The topological polar surface area (TPSA) is 46.6 Å². The van der Waals surface area contributed by atoms with Crippen LogP contribution in [0.15, 0.2) is 54.7 Å². The Morgan fingerprint density at radius 2 is 1.66 bits per heavy atom. The van der Waals surface area contributed by atoms with E-state index >= 15 is 0 Å². The van der Waals surface area contributed by atoms with E-state index in [1.165, 1.54) is 16.3 Å². The van der Waals surface area contributed by atoms with E-state index in [1.807, 2.05) is 12.3 Å². The Labute approximate surface area is 173 Å². The van der Waals surface area contributed by atoms with Crippen molar-refractivity contribution in [3.8, 4) is 0 Å². The number of anilines is 1. The molecule has 6 nitrogen and oxygen atoms in total. The zero-order chi connectivity index (χ0) is 20.1. The lowest BCUT2D eigenvalue weighted by Gasteiger charge is -2.36. The fourth-order valence-electron chi connectivity index (χ4n) is 4.60. The van der Waals surface area contributed by atoms with Gasteiger partial charge in [-0.05, 0) is 13.0 Å². The Bertz CT molecular complexity index is 768. The summed E-state index contributed by atoms with van der Waals surface area (Å²) in [7, 11) is 0. The molecule has 0 spiro atoms. The van der Waals surface area contributed by atoms with Crippen LogP contribution >= 0.6 is 0 Å². The summed E-state index contributed by atoms with van der Waals surface area (Å²) in [6.45, 7) is 10.8. The van der Waals surface area contributed by atoms with Crippen LogP contribution in [0, 0.1) is 0 Å². The second-order valence-electron chi connectivity index (χ2n) is 8.33. The highest BCUT2D eigenvalue weighted by molar-refractivity contribution is 5.77. The summed E-state index contributed by atoms with van der Waals surface area (Å²) in [4.78, 5) is 23.6. The summed E-state index contributed by atoms with van der Waals surface area (Å²) in [5.41, 5.74) is 1.39. The van der Waals surface area contributed by atoms with E-state index in [4.69, 9.17) is 0 Å². The smallest absolute Gasteiger partial charge is 0.278 e. The van der Waals surface area contributed by atoms with Crippen LogP contribution < -0.4 is 19.7 Å². The number of pyridine rings is 1. The first kappa shape index (κ1) is 19.9. The molecule has 2 fully saturated rings. The summed E-state index contributed by atoms with van der Waals surface area (Å²) in [6, 6.07) is 17.4. The van der Waals surface area contributed by atoms with Crippen molar-refractivity contribution < 1.29 is 19.6 Å². The number of nitrogens with one attached hydrogen (secondary N) is 3. The first-order valence-corrected chi connectivity index (χ1v) is 10.9. The van der Waals surface area contributed by atoms with Gasteiger partial charge in [-0.2, -0.15) is 0 Å². The second kappa shape index (κ2) is 9.37. The summed E-state index contributed by atoms with van der Waals surface area (Å²) in [6.07, 6.45) is 1.97. The quantitative estimate of drug-likeness (QED) is 0.660. The van der Waals surface area contributed by atoms with Crippen LogP contribution in [-0.2, 0) is 4.79 Å². The molecule has 2 saturated heterocycles. The molecule has 0 bridgehead atoms. The van der Waals surface area contributed by atoms with Gasteiger partial charge in [0, 0.05) is 11.6 Å². The van der Waals surface area contributed by atoms with Crippen LogP contribution in [0.3, 0.4) is 0 Å². The fraction of sp³-hybridized carbons (Fsp3) is 0.478. The van der Waals surface area contributed by atoms with E-state index in [0.29, 0.717) is 18.5 Å². The Morgan fingerprint density at radius 3 is 2.31 bits per heavy atom. The average molecular weight is 397 g/mol. The molecule has 0 aliphatic carbocycles. The van der Waals surface area contributed by atoms with Gasteiger partial charge in [-0.1, -0.05) is 36.4 Å². The number of piperazine rings is 2. The molecule has 0 saturated carbocycles. The van der Waals surface area contributed by atoms with E-state index in [1.54, 1.807) is 4.90 Å². The number of benzene rings is 1. The second-order valence-corrected chi connectivity index (χ2v) is 8.33. The number of hydrogen-bond donors (Lipinski definition) is 2. The minimum Gasteiger partial charge on any atom is -0.327 e. The van der Waals surface area contributed by atoms with Gasteiger partial charge in [0.1, 0.15) is 32.2 Å². The molecule has 1 aromatic heterocycles. The number of hydrogen-bond acceptors (Lipinski definition) is 2. The number of rotatable bonds is 5. The third-order valence-electron chi connectivity index (χ3n) is 6.58. The Morgan fingerprint density at radius 1 is 0.966 bits per heavy atom. The van der Waals surface area contributed by atoms with Gasteiger partial charge in [0.05, 0.1) is 32.4 Å². The molecule has 6 heteroatoms. The van der Waals surface area contributed by atoms with Crippen LogP contribution in [0.1, 0.15) is 18.5 Å². The van der Waals surface area contributed by atoms with Crippen molar-refractivity contribution in [3.05, 3.63) is 60.3 Å². The van der Waals surface area contributed by atoms with Gasteiger partial charge >= 0.3 is 0 Å². The normalized spacial score (nSPS) is 19.9. The average Bonchev–Trinajstić information content (AvgIpc) is 2.80. The van der Waals surface area contributed by atoms with Crippen molar-refractivity contribution >= 4 is 11.7 Å². The highest BCUT2D eigenvalue weighted by atomic mass is 16.2. The number of nitrogens with zero attached hydrogens (tertiary/aromatic N) is 2. The lowest BCUT2D eigenvalue weighted by Crippen LogP contribution is -3.16. The predicted molar refractivity (Wildman–Crippen MR) is 113 cm³/mol. The van der Waals surface area contributed by atoms with Crippen LogP contribution in [-0.4, -0.2) is 69.7 Å². The molecular formula is C23H34N5O+3.